The topological polar surface area (TPSA) is 38.7 Å². The highest BCUT2D eigenvalue weighted by Gasteiger charge is 2.34. The van der Waals surface area contributed by atoms with Crippen molar-refractivity contribution in [3.63, 3.8) is 0 Å². The van der Waals surface area contributed by atoms with Gasteiger partial charge in [-0.05, 0) is 19.3 Å². The lowest BCUT2D eigenvalue weighted by Crippen LogP contribution is -2.38. The van der Waals surface area contributed by atoms with Crippen LogP contribution in [0.2, 0.25) is 0 Å². The summed E-state index contributed by atoms with van der Waals surface area (Å²) in [5.74, 6) is -0.837. The van der Waals surface area contributed by atoms with Crippen molar-refractivity contribution in [2.24, 2.45) is 0 Å². The Hall–Kier alpha value is -0.120. The first-order valence-electron chi connectivity index (χ1n) is 5.26. The Morgan fingerprint density at radius 2 is 2.00 bits per heavy atom. The van der Waals surface area contributed by atoms with E-state index in [9.17, 15) is 5.11 Å². The SMILES string of the molecule is OC1(O[C@@H]2CCOC2)CCCCC1. The van der Waals surface area contributed by atoms with Gasteiger partial charge in [-0.1, -0.05) is 6.42 Å². The van der Waals surface area contributed by atoms with Gasteiger partial charge in [0, 0.05) is 19.4 Å². The van der Waals surface area contributed by atoms with Crippen LogP contribution in [0.3, 0.4) is 0 Å². The van der Waals surface area contributed by atoms with Crippen LogP contribution in [0, 0.1) is 0 Å². The molecule has 76 valence electrons. The third kappa shape index (κ3) is 2.42. The molecular formula is C10H18O3. The van der Waals surface area contributed by atoms with Gasteiger partial charge in [-0.2, -0.15) is 0 Å². The molecule has 0 amide bonds. The van der Waals surface area contributed by atoms with Crippen LogP contribution in [0.15, 0.2) is 0 Å². The lowest BCUT2D eigenvalue weighted by atomic mass is 9.94. The van der Waals surface area contributed by atoms with Crippen LogP contribution in [0.1, 0.15) is 38.5 Å². The van der Waals surface area contributed by atoms with Crippen molar-refractivity contribution in [3.05, 3.63) is 0 Å². The van der Waals surface area contributed by atoms with E-state index in [2.05, 4.69) is 0 Å². The zero-order chi connectivity index (χ0) is 9.15. The summed E-state index contributed by atoms with van der Waals surface area (Å²) in [5.41, 5.74) is 0. The largest absolute Gasteiger partial charge is 0.379 e. The standard InChI is InChI=1S/C10H18O3/c11-10(5-2-1-3-6-10)13-9-4-7-12-8-9/h9,11H,1-8H2/t9-/m1/s1. The fourth-order valence-electron chi connectivity index (χ4n) is 2.14. The molecule has 1 atom stereocenters. The van der Waals surface area contributed by atoms with Crippen LogP contribution in [-0.2, 0) is 9.47 Å². The Bertz CT molecular complexity index is 158. The molecule has 1 heterocycles. The molecule has 1 aliphatic carbocycles. The summed E-state index contributed by atoms with van der Waals surface area (Å²) < 4.78 is 10.9. The smallest absolute Gasteiger partial charge is 0.165 e. The minimum Gasteiger partial charge on any atom is -0.379 e. The molecule has 1 saturated heterocycles. The second-order valence-corrected chi connectivity index (χ2v) is 4.11. The van der Waals surface area contributed by atoms with E-state index >= 15 is 0 Å². The highest BCUT2D eigenvalue weighted by molar-refractivity contribution is 4.76. The van der Waals surface area contributed by atoms with Gasteiger partial charge in [-0.25, -0.2) is 0 Å². The molecule has 2 fully saturated rings. The molecule has 13 heavy (non-hydrogen) atoms. The van der Waals surface area contributed by atoms with Gasteiger partial charge < -0.3 is 14.6 Å². The van der Waals surface area contributed by atoms with Gasteiger partial charge in [0.15, 0.2) is 5.79 Å². The van der Waals surface area contributed by atoms with Crippen LogP contribution in [0.25, 0.3) is 0 Å². The Balaban J connectivity index is 1.83. The monoisotopic (exact) mass is 186 g/mol. The van der Waals surface area contributed by atoms with E-state index in [0.717, 1.165) is 38.7 Å². The van der Waals surface area contributed by atoms with Crippen LogP contribution < -0.4 is 0 Å². The minimum atomic E-state index is -0.837. The highest BCUT2D eigenvalue weighted by Crippen LogP contribution is 2.31. The maximum atomic E-state index is 10.1. The summed E-state index contributed by atoms with van der Waals surface area (Å²) in [6, 6.07) is 0. The fraction of sp³-hybridized carbons (Fsp3) is 1.00. The Labute approximate surface area is 79.0 Å². The molecule has 0 aromatic heterocycles. The molecule has 1 saturated carbocycles. The average molecular weight is 186 g/mol. The first-order valence-corrected chi connectivity index (χ1v) is 5.26. The van der Waals surface area contributed by atoms with Gasteiger partial charge in [0.1, 0.15) is 0 Å². The first-order chi connectivity index (χ1) is 6.29. The summed E-state index contributed by atoms with van der Waals surface area (Å²) in [6.45, 7) is 1.43. The van der Waals surface area contributed by atoms with Gasteiger partial charge in [0.2, 0.25) is 0 Å². The van der Waals surface area contributed by atoms with E-state index in [-0.39, 0.29) is 6.10 Å². The first kappa shape index (κ1) is 9.44. The molecule has 0 bridgehead atoms. The third-order valence-corrected chi connectivity index (χ3v) is 2.91. The predicted molar refractivity (Wildman–Crippen MR) is 48.3 cm³/mol. The molecule has 0 aromatic rings. The zero-order valence-corrected chi connectivity index (χ0v) is 8.00. The third-order valence-electron chi connectivity index (χ3n) is 2.91. The number of hydrogen-bond acceptors (Lipinski definition) is 3. The van der Waals surface area contributed by atoms with E-state index < -0.39 is 5.79 Å². The van der Waals surface area contributed by atoms with Gasteiger partial charge in [-0.15, -0.1) is 0 Å². The summed E-state index contributed by atoms with van der Waals surface area (Å²) in [7, 11) is 0. The van der Waals surface area contributed by atoms with E-state index in [1.54, 1.807) is 0 Å². The lowest BCUT2D eigenvalue weighted by molar-refractivity contribution is -0.243. The maximum absolute atomic E-state index is 10.1. The normalized spacial score (nSPS) is 33.5. The summed E-state index contributed by atoms with van der Waals surface area (Å²) in [4.78, 5) is 0. The van der Waals surface area contributed by atoms with Crippen molar-refractivity contribution in [1.29, 1.82) is 0 Å². The number of aliphatic hydroxyl groups is 1. The summed E-state index contributed by atoms with van der Waals surface area (Å²) in [5, 5.41) is 10.1. The summed E-state index contributed by atoms with van der Waals surface area (Å²) in [6.07, 6.45) is 6.05. The van der Waals surface area contributed by atoms with Gasteiger partial charge in [0.05, 0.1) is 12.7 Å². The Kier molecular flexibility index (Phi) is 2.86. The Morgan fingerprint density at radius 3 is 2.62 bits per heavy atom. The van der Waals surface area contributed by atoms with Gasteiger partial charge in [-0.3, -0.25) is 0 Å². The van der Waals surface area contributed by atoms with Gasteiger partial charge >= 0.3 is 0 Å². The molecule has 0 spiro atoms. The molecule has 0 radical (unpaired) electrons. The van der Waals surface area contributed by atoms with Crippen molar-refractivity contribution >= 4 is 0 Å². The van der Waals surface area contributed by atoms with Crippen molar-refractivity contribution < 1.29 is 14.6 Å². The maximum Gasteiger partial charge on any atom is 0.165 e. The number of ether oxygens (including phenoxy) is 2. The molecule has 1 aliphatic heterocycles. The van der Waals surface area contributed by atoms with E-state index in [4.69, 9.17) is 9.47 Å². The molecular weight excluding hydrogens is 168 g/mol. The second kappa shape index (κ2) is 3.95. The Morgan fingerprint density at radius 1 is 1.23 bits per heavy atom. The zero-order valence-electron chi connectivity index (χ0n) is 8.00. The average Bonchev–Trinajstić information content (AvgIpc) is 2.57. The van der Waals surface area contributed by atoms with Crippen LogP contribution >= 0.6 is 0 Å². The van der Waals surface area contributed by atoms with E-state index in [1.165, 1.54) is 6.42 Å². The fourth-order valence-corrected chi connectivity index (χ4v) is 2.14. The van der Waals surface area contributed by atoms with Crippen molar-refractivity contribution in [1.82, 2.24) is 0 Å². The number of hydrogen-bond donors (Lipinski definition) is 1. The molecule has 2 aliphatic rings. The van der Waals surface area contributed by atoms with Crippen LogP contribution in [0.5, 0.6) is 0 Å². The van der Waals surface area contributed by atoms with Crippen LogP contribution in [0.4, 0.5) is 0 Å². The highest BCUT2D eigenvalue weighted by atomic mass is 16.6. The predicted octanol–water partition coefficient (Wildman–Crippen LogP) is 1.44. The summed E-state index contributed by atoms with van der Waals surface area (Å²) >= 11 is 0. The van der Waals surface area contributed by atoms with E-state index in [0.29, 0.717) is 6.61 Å². The van der Waals surface area contributed by atoms with E-state index in [1.807, 2.05) is 0 Å². The molecule has 3 nitrogen and oxygen atoms in total. The molecule has 2 rings (SSSR count). The van der Waals surface area contributed by atoms with Crippen LogP contribution in [-0.4, -0.2) is 30.2 Å². The minimum absolute atomic E-state index is 0.128. The number of rotatable bonds is 2. The van der Waals surface area contributed by atoms with Crippen molar-refractivity contribution in [3.8, 4) is 0 Å². The van der Waals surface area contributed by atoms with Crippen molar-refractivity contribution in [2.75, 3.05) is 13.2 Å². The molecule has 1 N–H and O–H groups in total. The van der Waals surface area contributed by atoms with Gasteiger partial charge in [0.25, 0.3) is 0 Å². The quantitative estimate of drug-likeness (QED) is 0.663. The second-order valence-electron chi connectivity index (χ2n) is 4.11. The van der Waals surface area contributed by atoms with Crippen molar-refractivity contribution in [2.45, 2.75) is 50.4 Å². The molecule has 3 heteroatoms. The lowest BCUT2D eigenvalue weighted by Gasteiger charge is -2.34. The molecule has 0 unspecified atom stereocenters. The molecule has 0 aromatic carbocycles.